The summed E-state index contributed by atoms with van der Waals surface area (Å²) < 4.78 is 12.0. The van der Waals surface area contributed by atoms with Crippen LogP contribution >= 0.6 is 34.4 Å². The van der Waals surface area contributed by atoms with E-state index in [0.717, 1.165) is 26.4 Å². The fraction of sp³-hybridized carbons (Fsp3) is 0.433. The van der Waals surface area contributed by atoms with Crippen molar-refractivity contribution >= 4 is 60.3 Å². The predicted molar refractivity (Wildman–Crippen MR) is 176 cm³/mol. The Morgan fingerprint density at radius 2 is 1.91 bits per heavy atom. The quantitative estimate of drug-likeness (QED) is 0.0690. The number of esters is 1. The third kappa shape index (κ3) is 6.85. The van der Waals surface area contributed by atoms with Gasteiger partial charge in [0, 0.05) is 39.8 Å². The summed E-state index contributed by atoms with van der Waals surface area (Å²) in [6.07, 6.45) is -0.277. The van der Waals surface area contributed by atoms with E-state index in [0.29, 0.717) is 5.56 Å². The number of fused-ring (bicyclic) bond motifs is 1. The topological polar surface area (TPSA) is 115 Å². The Bertz CT molecular complexity index is 1600. The molecule has 1 aromatic carbocycles. The van der Waals surface area contributed by atoms with Crippen molar-refractivity contribution in [3.05, 3.63) is 72.9 Å². The summed E-state index contributed by atoms with van der Waals surface area (Å²) in [5.74, 6) is -1.24. The number of hydrogen-bond acceptors (Lipinski definition) is 11. The van der Waals surface area contributed by atoms with E-state index < -0.39 is 19.2 Å². The highest BCUT2D eigenvalue weighted by Gasteiger charge is 2.61. The lowest BCUT2D eigenvalue weighted by atomic mass is 9.79. The van der Waals surface area contributed by atoms with Crippen molar-refractivity contribution in [1.29, 1.82) is 0 Å². The summed E-state index contributed by atoms with van der Waals surface area (Å²) in [5.41, 5.74) is 0.815. The van der Waals surface area contributed by atoms with Gasteiger partial charge >= 0.3 is 5.97 Å². The highest BCUT2D eigenvalue weighted by molar-refractivity contribution is 8.03. The maximum absolute atomic E-state index is 13.7. The van der Waals surface area contributed by atoms with E-state index in [2.05, 4.69) is 36.7 Å². The van der Waals surface area contributed by atoms with Gasteiger partial charge in [-0.1, -0.05) is 18.7 Å². The number of nitrogens with zero attached hydrogens (tertiary/aromatic N) is 4. The van der Waals surface area contributed by atoms with Crippen molar-refractivity contribution in [2.75, 3.05) is 14.1 Å². The first-order chi connectivity index (χ1) is 20.7. The second-order valence-electron chi connectivity index (χ2n) is 12.3. The minimum Gasteiger partial charge on any atom is -0.456 e. The van der Waals surface area contributed by atoms with Crippen LogP contribution in [0.25, 0.3) is 9.88 Å². The summed E-state index contributed by atoms with van der Waals surface area (Å²) in [5, 5.41) is 14.7. The number of hydrogen-bond donors (Lipinski definition) is 0. The highest BCUT2D eigenvalue weighted by atomic mass is 32.2. The molecule has 2 aliphatic rings. The van der Waals surface area contributed by atoms with Gasteiger partial charge < -0.3 is 19.0 Å². The van der Waals surface area contributed by atoms with Gasteiger partial charge in [-0.25, -0.2) is 9.78 Å². The molecule has 1 fully saturated rings. The average molecular weight is 673 g/mol. The molecule has 4 heterocycles. The van der Waals surface area contributed by atoms with E-state index in [1.54, 1.807) is 39.7 Å². The number of nitro groups is 1. The van der Waals surface area contributed by atoms with Crippen molar-refractivity contribution in [3.8, 4) is 9.88 Å². The Labute approximate surface area is 270 Å². The van der Waals surface area contributed by atoms with E-state index in [-0.39, 0.29) is 47.9 Å². The van der Waals surface area contributed by atoms with Crippen LogP contribution in [0.3, 0.4) is 0 Å². The fourth-order valence-electron chi connectivity index (χ4n) is 5.62. The number of carbonyl (C=O) groups excluding carboxylic acids is 2. The van der Waals surface area contributed by atoms with Crippen LogP contribution in [0.15, 0.2) is 57.4 Å². The zero-order valence-electron chi connectivity index (χ0n) is 25.7. The number of rotatable bonds is 12. The van der Waals surface area contributed by atoms with Crippen molar-refractivity contribution in [2.45, 2.75) is 63.8 Å². The van der Waals surface area contributed by atoms with Crippen LogP contribution in [0, 0.1) is 22.0 Å². The maximum atomic E-state index is 13.7. The van der Waals surface area contributed by atoms with E-state index in [9.17, 15) is 19.7 Å². The van der Waals surface area contributed by atoms with Crippen molar-refractivity contribution in [1.82, 2.24) is 14.8 Å². The van der Waals surface area contributed by atoms with Gasteiger partial charge in [0.25, 0.3) is 5.69 Å². The molecule has 5 rings (SSSR count). The van der Waals surface area contributed by atoms with Crippen molar-refractivity contribution in [2.24, 2.45) is 11.8 Å². The van der Waals surface area contributed by atoms with Gasteiger partial charge in [-0.15, -0.1) is 22.7 Å². The first-order valence-electron chi connectivity index (χ1n) is 14.3. The van der Waals surface area contributed by atoms with Gasteiger partial charge in [0.1, 0.15) is 22.3 Å². The number of non-ortho nitro benzene ring substituents is 1. The third-order valence-electron chi connectivity index (χ3n) is 7.39. The van der Waals surface area contributed by atoms with Crippen LogP contribution in [0.2, 0.25) is 19.6 Å². The van der Waals surface area contributed by atoms with Crippen molar-refractivity contribution in [3.63, 3.8) is 0 Å². The lowest BCUT2D eigenvalue weighted by molar-refractivity contribution is -0.384. The molecule has 2 aliphatic heterocycles. The van der Waals surface area contributed by atoms with Crippen LogP contribution in [-0.4, -0.2) is 66.1 Å². The number of thioether (sulfide) groups is 1. The maximum Gasteiger partial charge on any atom is 0.356 e. The molecular formula is C30H36N4O6S3Si. The standard InChI is InChI=1S/C30H36N4O6S3Si/c1-17-25-24(18(2)40-44(5,6)7)29(35)33(25)26(30(36)39-15-19-8-10-20(11-9-19)34(37)38)27(17)43-23-16-41-28(31-23)22-13-12-21(42-22)14-32(3)4/h8-13,16-18,24-25H,14-15H2,1-7H3/t17-,18-,24-,25-/m1/s1. The predicted octanol–water partition coefficient (Wildman–Crippen LogP) is 6.61. The lowest BCUT2D eigenvalue weighted by Crippen LogP contribution is -2.64. The monoisotopic (exact) mass is 672 g/mol. The Balaban J connectivity index is 1.40. The largest absolute Gasteiger partial charge is 0.456 e. The number of thiophene rings is 1. The number of benzene rings is 1. The highest BCUT2D eigenvalue weighted by Crippen LogP contribution is 2.53. The summed E-state index contributed by atoms with van der Waals surface area (Å²) in [6.45, 7) is 11.1. The molecule has 44 heavy (non-hydrogen) atoms. The molecule has 0 bridgehead atoms. The molecule has 0 N–H and O–H groups in total. The smallest absolute Gasteiger partial charge is 0.356 e. The molecule has 10 nitrogen and oxygen atoms in total. The molecule has 234 valence electrons. The van der Waals surface area contributed by atoms with E-state index in [1.807, 2.05) is 33.3 Å². The van der Waals surface area contributed by atoms with E-state index in [1.165, 1.54) is 28.8 Å². The number of thiazole rings is 1. The van der Waals surface area contributed by atoms with Crippen LogP contribution in [-0.2, 0) is 31.9 Å². The Morgan fingerprint density at radius 1 is 1.20 bits per heavy atom. The number of carbonyl (C=O) groups is 2. The molecule has 0 unspecified atom stereocenters. The molecule has 1 saturated heterocycles. The second kappa shape index (κ2) is 12.8. The van der Waals surface area contributed by atoms with Gasteiger partial charge in [-0.05, 0) is 70.5 Å². The van der Waals surface area contributed by atoms with Gasteiger partial charge in [0.05, 0.1) is 27.9 Å². The summed E-state index contributed by atoms with van der Waals surface area (Å²) in [7, 11) is 2.17. The molecule has 0 saturated carbocycles. The third-order valence-corrected chi connectivity index (χ3v) is 11.9. The number of ether oxygens (including phenoxy) is 1. The molecule has 0 radical (unpaired) electrons. The normalized spacial score (nSPS) is 20.6. The number of aromatic nitrogens is 1. The summed E-state index contributed by atoms with van der Waals surface area (Å²) in [6, 6.07) is 9.85. The molecule has 1 amide bonds. The number of nitro benzene ring substituents is 1. The second-order valence-corrected chi connectivity index (χ2v) is 19.8. The number of amides is 1. The number of β-lactam (4-membered cyclic amide) rings is 1. The molecular weight excluding hydrogens is 637 g/mol. The van der Waals surface area contributed by atoms with Gasteiger partial charge in [-0.3, -0.25) is 14.9 Å². The Kier molecular flexibility index (Phi) is 9.49. The summed E-state index contributed by atoms with van der Waals surface area (Å²) >= 11 is 4.67. The molecule has 0 aliphatic carbocycles. The minimum absolute atomic E-state index is 0.0418. The molecule has 4 atom stereocenters. The minimum atomic E-state index is -1.91. The lowest BCUT2D eigenvalue weighted by Gasteiger charge is -2.48. The fourth-order valence-corrected chi connectivity index (χ4v) is 10.1. The van der Waals surface area contributed by atoms with Crippen LogP contribution < -0.4 is 0 Å². The molecule has 2 aromatic heterocycles. The van der Waals surface area contributed by atoms with Crippen LogP contribution in [0.4, 0.5) is 5.69 Å². The van der Waals surface area contributed by atoms with Gasteiger partial charge in [0.15, 0.2) is 8.32 Å². The first kappa shape index (κ1) is 32.5. The average Bonchev–Trinajstić information content (AvgIpc) is 3.64. The Morgan fingerprint density at radius 3 is 2.55 bits per heavy atom. The summed E-state index contributed by atoms with van der Waals surface area (Å²) in [4.78, 5) is 49.5. The van der Waals surface area contributed by atoms with E-state index >= 15 is 0 Å². The van der Waals surface area contributed by atoms with Crippen LogP contribution in [0.1, 0.15) is 24.3 Å². The van der Waals surface area contributed by atoms with Crippen LogP contribution in [0.5, 0.6) is 0 Å². The molecule has 3 aromatic rings. The molecule has 0 spiro atoms. The zero-order chi connectivity index (χ0) is 31.9. The molecule has 14 heteroatoms. The van der Waals surface area contributed by atoms with E-state index in [4.69, 9.17) is 14.1 Å². The SMILES string of the molecule is C[C@@H](O[Si](C)(C)C)[C@H]1C(=O)N2C(C(=O)OCc3ccc([N+](=O)[O-])cc3)=C(Sc3csc(-c4ccc(CN(C)C)s4)n3)[C@H](C)[C@H]12. The first-order valence-corrected chi connectivity index (χ1v) is 20.2. The van der Waals surface area contributed by atoms with Gasteiger partial charge in [-0.2, -0.15) is 0 Å². The Hall–Kier alpha value is -2.88. The van der Waals surface area contributed by atoms with Gasteiger partial charge in [0.2, 0.25) is 5.91 Å². The zero-order valence-corrected chi connectivity index (χ0v) is 29.2. The van der Waals surface area contributed by atoms with Crippen molar-refractivity contribution < 1.29 is 23.7 Å².